The minimum Gasteiger partial charge on any atom is -0.510 e. The number of carbonyl (C=O) groups excluding carboxylic acids is 2. The summed E-state index contributed by atoms with van der Waals surface area (Å²) in [6.45, 7) is 15.8. The molecule has 8 bridgehead atoms. The molecule has 9 heteroatoms. The highest BCUT2D eigenvalue weighted by Gasteiger charge is 2.47. The van der Waals surface area contributed by atoms with E-state index in [2.05, 4.69) is 18.1 Å². The quantitative estimate of drug-likeness (QED) is 0.381. The molecule has 1 aromatic rings. The van der Waals surface area contributed by atoms with Gasteiger partial charge in [-0.3, -0.25) is 4.79 Å². The lowest BCUT2D eigenvalue weighted by Crippen LogP contribution is -2.20. The molecule has 5 aliphatic rings. The zero-order valence-corrected chi connectivity index (χ0v) is 26.0. The second kappa shape index (κ2) is 10.9. The average Bonchev–Trinajstić information content (AvgIpc) is 3.76. The van der Waals surface area contributed by atoms with Gasteiger partial charge in [0, 0.05) is 44.6 Å². The van der Waals surface area contributed by atoms with Crippen molar-refractivity contribution in [2.24, 2.45) is 20.9 Å². The fourth-order valence-corrected chi connectivity index (χ4v) is 6.27. The molecule has 0 saturated heterocycles. The molecule has 1 aromatic heterocycles. The summed E-state index contributed by atoms with van der Waals surface area (Å²) in [5.41, 5.74) is 9.98. The van der Waals surface area contributed by atoms with Crippen LogP contribution >= 0.6 is 0 Å². The summed E-state index contributed by atoms with van der Waals surface area (Å²) in [6, 6.07) is 0. The molecule has 0 aromatic carbocycles. The van der Waals surface area contributed by atoms with Crippen LogP contribution < -0.4 is 10.7 Å². The zero-order valence-electron chi connectivity index (χ0n) is 26.0. The second-order valence-electron chi connectivity index (χ2n) is 11.1. The number of fused-ring (bicyclic) bond motifs is 5. The molecule has 45 heavy (non-hydrogen) atoms. The molecule has 9 nitrogen and oxygen atoms in total. The fourth-order valence-electron chi connectivity index (χ4n) is 6.27. The molecular formula is C36H32N4O5. The number of methoxy groups -OCH3 is 2. The van der Waals surface area contributed by atoms with Crippen LogP contribution in [0.1, 0.15) is 31.9 Å². The predicted octanol–water partition coefficient (Wildman–Crippen LogP) is 4.48. The van der Waals surface area contributed by atoms with E-state index in [1.54, 1.807) is 18.2 Å². The van der Waals surface area contributed by atoms with Gasteiger partial charge in [0.05, 0.1) is 48.4 Å². The number of carbonyl (C=O) groups is 2. The number of esters is 2. The number of nitrogens with one attached hydrogen (secondary N) is 1. The van der Waals surface area contributed by atoms with Crippen molar-refractivity contribution < 1.29 is 24.2 Å². The number of aliphatic hydroxyl groups is 1. The molecule has 5 heterocycles. The summed E-state index contributed by atoms with van der Waals surface area (Å²) in [4.78, 5) is 43.9. The molecular weight excluding hydrogens is 568 g/mol. The van der Waals surface area contributed by atoms with Crippen LogP contribution in [0.3, 0.4) is 0 Å². The van der Waals surface area contributed by atoms with Gasteiger partial charge in [-0.1, -0.05) is 25.3 Å². The normalized spacial score (nSPS) is 20.4. The van der Waals surface area contributed by atoms with Crippen molar-refractivity contribution in [1.82, 2.24) is 4.98 Å². The topological polar surface area (TPSA) is 126 Å². The molecule has 0 unspecified atom stereocenters. The standard InChI is InChI=1S/C36H32N4O5/c1-9-20-16(3)23-13-25-18(5)22(11-12-29(41)44-7)33(39-25)31-32(36(43)45-8)35(42)30-19(6)26(40-34(30)31)15-28-21(10-2)17(4)24(38-28)14-27(20)37-23/h9-15,32,37,42H,1-2H2,3-8H3/b12-11+,23-13?,27-14?,28-15?,33-31?/t32-/m1/s1. The van der Waals surface area contributed by atoms with Crippen LogP contribution in [0.25, 0.3) is 18.2 Å². The number of rotatable bonds is 5. The molecule has 226 valence electrons. The van der Waals surface area contributed by atoms with Gasteiger partial charge in [0.15, 0.2) is 0 Å². The van der Waals surface area contributed by atoms with Gasteiger partial charge in [-0.25, -0.2) is 19.8 Å². The van der Waals surface area contributed by atoms with E-state index in [4.69, 9.17) is 24.5 Å². The first-order valence-corrected chi connectivity index (χ1v) is 14.4. The van der Waals surface area contributed by atoms with Crippen molar-refractivity contribution in [3.8, 4) is 0 Å². The number of aliphatic imine (C=N–C) groups is 3. The average molecular weight is 601 g/mol. The van der Waals surface area contributed by atoms with Gasteiger partial charge < -0.3 is 19.6 Å². The number of hydrogen-bond donors (Lipinski definition) is 2. The lowest BCUT2D eigenvalue weighted by molar-refractivity contribution is -0.143. The Morgan fingerprint density at radius 2 is 1.58 bits per heavy atom. The summed E-state index contributed by atoms with van der Waals surface area (Å²) in [6.07, 6.45) is 12.3. The van der Waals surface area contributed by atoms with Crippen LogP contribution in [0.5, 0.6) is 0 Å². The van der Waals surface area contributed by atoms with E-state index < -0.39 is 17.9 Å². The van der Waals surface area contributed by atoms with Crippen LogP contribution in [0.4, 0.5) is 0 Å². The first-order chi connectivity index (χ1) is 21.5. The molecule has 0 saturated carbocycles. The molecule has 4 aliphatic heterocycles. The first kappa shape index (κ1) is 29.5. The molecule has 1 aliphatic carbocycles. The van der Waals surface area contributed by atoms with E-state index in [1.165, 1.54) is 20.3 Å². The van der Waals surface area contributed by atoms with Crippen molar-refractivity contribution in [2.75, 3.05) is 14.2 Å². The van der Waals surface area contributed by atoms with Gasteiger partial charge >= 0.3 is 11.9 Å². The van der Waals surface area contributed by atoms with Gasteiger partial charge in [0.2, 0.25) is 0 Å². The highest BCUT2D eigenvalue weighted by Crippen LogP contribution is 2.47. The van der Waals surface area contributed by atoms with E-state index in [0.717, 1.165) is 44.3 Å². The van der Waals surface area contributed by atoms with Crippen LogP contribution in [-0.4, -0.2) is 53.4 Å². The summed E-state index contributed by atoms with van der Waals surface area (Å²) in [7, 11) is 2.57. The largest absolute Gasteiger partial charge is 0.510 e. The molecule has 0 spiro atoms. The number of aliphatic hydroxyl groups excluding tert-OH is 1. The van der Waals surface area contributed by atoms with Crippen LogP contribution in [0.15, 0.2) is 114 Å². The number of allylic oxidation sites excluding steroid dienone is 7. The van der Waals surface area contributed by atoms with E-state index in [-0.39, 0.29) is 5.76 Å². The zero-order chi connectivity index (χ0) is 32.3. The van der Waals surface area contributed by atoms with Gasteiger partial charge in [-0.15, -0.1) is 0 Å². The summed E-state index contributed by atoms with van der Waals surface area (Å²) >= 11 is 0. The Kier molecular flexibility index (Phi) is 7.12. The number of nitrogens with zero attached hydrogens (tertiary/aromatic N) is 3. The number of H-pyrrole nitrogens is 1. The SMILES string of the molecule is C=CC1=C(C)C2=NC1=CC1=C(C)C3=C(O)[C@H](C(=O)OC)C(=C4N=C(C=c5[nH]c(c(C=C)c5C)=C2)C(C)=C4/C=C/C(=O)OC)C3=N1. The van der Waals surface area contributed by atoms with Crippen LogP contribution in [0, 0.1) is 12.8 Å². The van der Waals surface area contributed by atoms with E-state index in [0.29, 0.717) is 50.8 Å². The van der Waals surface area contributed by atoms with Gasteiger partial charge in [0.1, 0.15) is 11.7 Å². The molecule has 2 N–H and O–H groups in total. The Morgan fingerprint density at radius 3 is 2.24 bits per heavy atom. The first-order valence-electron chi connectivity index (χ1n) is 14.4. The Bertz CT molecular complexity index is 2130. The Morgan fingerprint density at radius 1 is 0.889 bits per heavy atom. The van der Waals surface area contributed by atoms with E-state index in [1.807, 2.05) is 45.9 Å². The second-order valence-corrected chi connectivity index (χ2v) is 11.1. The van der Waals surface area contributed by atoms with Gasteiger partial charge in [-0.05, 0) is 74.3 Å². The van der Waals surface area contributed by atoms with Crippen molar-refractivity contribution in [1.29, 1.82) is 0 Å². The van der Waals surface area contributed by atoms with Crippen molar-refractivity contribution in [3.05, 3.63) is 121 Å². The molecule has 6 rings (SSSR count). The Balaban J connectivity index is 1.77. The lowest BCUT2D eigenvalue weighted by atomic mass is 9.93. The maximum absolute atomic E-state index is 13.3. The Hall–Kier alpha value is -5.57. The number of ether oxygens (including phenoxy) is 2. The summed E-state index contributed by atoms with van der Waals surface area (Å²) in [5.74, 6) is -2.54. The van der Waals surface area contributed by atoms with Crippen LogP contribution in [-0.2, 0) is 19.1 Å². The Labute approximate surface area is 260 Å². The van der Waals surface area contributed by atoms with E-state index in [9.17, 15) is 14.7 Å². The predicted molar refractivity (Wildman–Crippen MR) is 176 cm³/mol. The van der Waals surface area contributed by atoms with Crippen molar-refractivity contribution in [3.63, 3.8) is 0 Å². The maximum atomic E-state index is 13.3. The fraction of sp³-hybridized carbons (Fsp3) is 0.194. The molecule has 1 atom stereocenters. The third-order valence-corrected chi connectivity index (χ3v) is 8.77. The highest BCUT2D eigenvalue weighted by atomic mass is 16.5. The highest BCUT2D eigenvalue weighted by molar-refractivity contribution is 6.28. The third kappa shape index (κ3) is 4.42. The molecule has 0 fully saturated rings. The van der Waals surface area contributed by atoms with Gasteiger partial charge in [-0.2, -0.15) is 0 Å². The molecule has 0 amide bonds. The van der Waals surface area contributed by atoms with E-state index >= 15 is 0 Å². The van der Waals surface area contributed by atoms with Crippen molar-refractivity contribution >= 4 is 47.3 Å². The lowest BCUT2D eigenvalue weighted by Gasteiger charge is -2.14. The molecule has 0 radical (unpaired) electrons. The minimum atomic E-state index is -1.16. The number of aromatic nitrogens is 1. The summed E-state index contributed by atoms with van der Waals surface area (Å²) < 4.78 is 10.0. The minimum absolute atomic E-state index is 0.170. The summed E-state index contributed by atoms with van der Waals surface area (Å²) in [5, 5.41) is 13.2. The number of aromatic amines is 1. The monoisotopic (exact) mass is 600 g/mol. The van der Waals surface area contributed by atoms with Crippen molar-refractivity contribution in [2.45, 2.75) is 27.7 Å². The third-order valence-electron chi connectivity index (χ3n) is 8.77. The number of hydrogen-bond acceptors (Lipinski definition) is 8. The maximum Gasteiger partial charge on any atom is 0.330 e. The smallest absolute Gasteiger partial charge is 0.330 e. The van der Waals surface area contributed by atoms with Gasteiger partial charge in [0.25, 0.3) is 0 Å². The van der Waals surface area contributed by atoms with Crippen LogP contribution in [0.2, 0.25) is 0 Å².